The van der Waals surface area contributed by atoms with E-state index in [0.717, 1.165) is 11.3 Å². The summed E-state index contributed by atoms with van der Waals surface area (Å²) in [6, 6.07) is 5.52. The van der Waals surface area contributed by atoms with E-state index < -0.39 is 5.60 Å². The van der Waals surface area contributed by atoms with E-state index in [2.05, 4.69) is 69.4 Å². The maximum absolute atomic E-state index is 12.4. The van der Waals surface area contributed by atoms with Crippen molar-refractivity contribution in [1.29, 1.82) is 0 Å². The number of thiophene rings is 1. The Hall–Kier alpha value is -1.84. The van der Waals surface area contributed by atoms with Crippen LogP contribution in [0.5, 0.6) is 0 Å². The van der Waals surface area contributed by atoms with Crippen molar-refractivity contribution >= 4 is 23.7 Å². The van der Waals surface area contributed by atoms with Crippen LogP contribution in [0.3, 0.4) is 0 Å². The normalized spacial score (nSPS) is 9.69. The molecule has 2 aromatic rings. The molecule has 0 aliphatic carbocycles. The Balaban J connectivity index is -0.000000480. The summed E-state index contributed by atoms with van der Waals surface area (Å²) in [6.45, 7) is 18.8. The molecular formula is C26H38FN2OSV-. The minimum atomic E-state index is -0.908. The number of terminal acetylenes is 1. The van der Waals surface area contributed by atoms with Crippen LogP contribution >= 0.6 is 11.3 Å². The Morgan fingerprint density at radius 3 is 1.84 bits per heavy atom. The van der Waals surface area contributed by atoms with E-state index in [1.54, 1.807) is 27.1 Å². The van der Waals surface area contributed by atoms with Gasteiger partial charge in [-0.2, -0.15) is 0 Å². The van der Waals surface area contributed by atoms with Gasteiger partial charge in [-0.15, -0.1) is 17.8 Å². The Kier molecular flexibility index (Phi) is 18.2. The summed E-state index contributed by atoms with van der Waals surface area (Å²) in [4.78, 5) is 3.91. The number of rotatable bonds is 5. The minimum absolute atomic E-state index is 0. The number of nitrogens with one attached hydrogen (secondary N) is 1. The molecule has 3 nitrogen and oxygen atoms in total. The second kappa shape index (κ2) is 16.7. The molecule has 0 spiro atoms. The SMILES string of the molecule is C#Cc1cc(C(C)C)c(NC=C)c(C(C)C)c1.C=NC.CC(C)(O)c1cc(F)cs1.[CH3-].[V]. The van der Waals surface area contributed by atoms with E-state index in [1.165, 1.54) is 33.9 Å². The molecule has 1 aromatic heterocycles. The third-order valence-electron chi connectivity index (χ3n) is 4.03. The average Bonchev–Trinajstić information content (AvgIpc) is 3.09. The Bertz CT molecular complexity index is 832. The van der Waals surface area contributed by atoms with Gasteiger partial charge in [0.05, 0.1) is 5.60 Å². The van der Waals surface area contributed by atoms with Gasteiger partial charge in [-0.3, -0.25) is 0 Å². The van der Waals surface area contributed by atoms with Gasteiger partial charge in [0.15, 0.2) is 0 Å². The summed E-state index contributed by atoms with van der Waals surface area (Å²) in [5.41, 5.74) is 3.71. The first kappa shape index (κ1) is 34.8. The second-order valence-corrected chi connectivity index (χ2v) is 8.75. The molecule has 0 unspecified atom stereocenters. The van der Waals surface area contributed by atoms with Crippen molar-refractivity contribution in [3.05, 3.63) is 71.2 Å². The first-order chi connectivity index (χ1) is 13.9. The Morgan fingerprint density at radius 2 is 1.62 bits per heavy atom. The topological polar surface area (TPSA) is 44.6 Å². The number of hydrogen-bond acceptors (Lipinski definition) is 4. The minimum Gasteiger partial charge on any atom is -0.385 e. The van der Waals surface area contributed by atoms with Crippen LogP contribution in [0.4, 0.5) is 10.1 Å². The van der Waals surface area contributed by atoms with E-state index in [4.69, 9.17) is 6.42 Å². The molecule has 1 aromatic carbocycles. The van der Waals surface area contributed by atoms with E-state index in [-0.39, 0.29) is 31.8 Å². The number of nitrogens with zero attached hydrogens (tertiary/aromatic N) is 1. The van der Waals surface area contributed by atoms with Crippen molar-refractivity contribution in [2.24, 2.45) is 4.99 Å². The molecule has 1 radical (unpaired) electrons. The van der Waals surface area contributed by atoms with Crippen molar-refractivity contribution in [2.45, 2.75) is 59.0 Å². The van der Waals surface area contributed by atoms with E-state index >= 15 is 0 Å². The fraction of sp³-hybridized carbons (Fsp3) is 0.385. The zero-order valence-electron chi connectivity index (χ0n) is 20.7. The first-order valence-electron chi connectivity index (χ1n) is 9.76. The number of benzene rings is 1. The largest absolute Gasteiger partial charge is 0.385 e. The fourth-order valence-electron chi connectivity index (χ4n) is 2.58. The van der Waals surface area contributed by atoms with Crippen LogP contribution in [0.1, 0.15) is 74.9 Å². The molecule has 0 aliphatic heterocycles. The smallest absolute Gasteiger partial charge is 0.134 e. The summed E-state index contributed by atoms with van der Waals surface area (Å²) < 4.78 is 12.4. The standard InChI is InChI=1S/C16H21N.C7H9FOS.C2H5N.CH3.V/c1-7-13-9-14(11(3)4)16(17-8-2)15(10-13)12(5)6;1-7(2,9)6-3-5(8)4-10-6;1-3-2;;/h1,8-12,17H,2H2,3-6H3;3-4,9H,1-2H3;1H2,2H3;1H3;/q;;;-1;. The maximum Gasteiger partial charge on any atom is 0.134 e. The molecule has 2 rings (SSSR count). The van der Waals surface area contributed by atoms with Crippen molar-refractivity contribution in [1.82, 2.24) is 0 Å². The number of halogens is 1. The quantitative estimate of drug-likeness (QED) is 0.258. The maximum atomic E-state index is 12.4. The van der Waals surface area contributed by atoms with Gasteiger partial charge in [0.25, 0.3) is 0 Å². The van der Waals surface area contributed by atoms with Crippen LogP contribution < -0.4 is 5.32 Å². The fourth-order valence-corrected chi connectivity index (χ4v) is 3.36. The molecule has 0 saturated heterocycles. The number of aliphatic hydroxyl groups is 1. The van der Waals surface area contributed by atoms with Crippen molar-refractivity contribution in [3.8, 4) is 12.3 Å². The third-order valence-corrected chi connectivity index (χ3v) is 5.24. The monoisotopic (exact) mass is 496 g/mol. The van der Waals surface area contributed by atoms with Crippen LogP contribution in [0.15, 0.2) is 41.4 Å². The zero-order valence-corrected chi connectivity index (χ0v) is 22.9. The molecule has 0 fully saturated rings. The van der Waals surface area contributed by atoms with Gasteiger partial charge < -0.3 is 22.8 Å². The van der Waals surface area contributed by atoms with Crippen molar-refractivity contribution < 1.29 is 28.1 Å². The predicted molar refractivity (Wildman–Crippen MR) is 138 cm³/mol. The summed E-state index contributed by atoms with van der Waals surface area (Å²) >= 11 is 1.23. The van der Waals surface area contributed by atoms with Crippen LogP contribution in [0.25, 0.3) is 0 Å². The summed E-state index contributed by atoms with van der Waals surface area (Å²) in [6.07, 6.45) is 7.25. The Labute approximate surface area is 211 Å². The first-order valence-corrected chi connectivity index (χ1v) is 10.6. The molecule has 32 heavy (non-hydrogen) atoms. The van der Waals surface area contributed by atoms with Gasteiger partial charge in [-0.05, 0) is 67.9 Å². The summed E-state index contributed by atoms with van der Waals surface area (Å²) in [5.74, 6) is 3.32. The van der Waals surface area contributed by atoms with E-state index in [9.17, 15) is 9.50 Å². The molecule has 0 aliphatic rings. The molecule has 2 N–H and O–H groups in total. The third kappa shape index (κ3) is 11.7. The molecule has 0 amide bonds. The van der Waals surface area contributed by atoms with Gasteiger partial charge in [-0.1, -0.05) is 40.2 Å². The van der Waals surface area contributed by atoms with Crippen LogP contribution in [-0.4, -0.2) is 18.9 Å². The summed E-state index contributed by atoms with van der Waals surface area (Å²) in [5, 5.41) is 14.0. The van der Waals surface area contributed by atoms with Crippen LogP contribution in [0.2, 0.25) is 0 Å². The number of anilines is 1. The van der Waals surface area contributed by atoms with Crippen LogP contribution in [-0.2, 0) is 24.2 Å². The molecular weight excluding hydrogens is 458 g/mol. The van der Waals surface area contributed by atoms with Gasteiger partial charge >= 0.3 is 0 Å². The van der Waals surface area contributed by atoms with Gasteiger partial charge in [0.1, 0.15) is 5.82 Å². The molecule has 1 heterocycles. The molecule has 177 valence electrons. The molecule has 6 heteroatoms. The van der Waals surface area contributed by atoms with E-state index in [1.807, 2.05) is 0 Å². The summed E-state index contributed by atoms with van der Waals surface area (Å²) in [7, 11) is 1.64. The van der Waals surface area contributed by atoms with Crippen LogP contribution in [0, 0.1) is 25.6 Å². The van der Waals surface area contributed by atoms with Crippen molar-refractivity contribution in [2.75, 3.05) is 12.4 Å². The second-order valence-electron chi connectivity index (χ2n) is 7.84. The van der Waals surface area contributed by atoms with Crippen molar-refractivity contribution in [3.63, 3.8) is 0 Å². The van der Waals surface area contributed by atoms with E-state index in [0.29, 0.717) is 16.7 Å². The number of hydrogen-bond donors (Lipinski definition) is 2. The van der Waals surface area contributed by atoms with Gasteiger partial charge in [0.2, 0.25) is 0 Å². The molecule has 0 saturated carbocycles. The van der Waals surface area contributed by atoms with Gasteiger partial charge in [-0.25, -0.2) is 4.39 Å². The predicted octanol–water partition coefficient (Wildman–Crippen LogP) is 7.35. The number of aliphatic imine (C=N–C) groups is 1. The van der Waals surface area contributed by atoms with Gasteiger partial charge in [0, 0.05) is 47.1 Å². The zero-order chi connectivity index (χ0) is 23.5. The average molecular weight is 497 g/mol. The molecule has 0 atom stereocenters. The Morgan fingerprint density at radius 1 is 1.19 bits per heavy atom. The molecule has 0 bridgehead atoms.